The number of nitrogens with one attached hydrogen (secondary N) is 3. The highest BCUT2D eigenvalue weighted by Gasteiger charge is 2.34. The quantitative estimate of drug-likeness (QED) is 0.592. The van der Waals surface area contributed by atoms with E-state index in [4.69, 9.17) is 0 Å². The zero-order valence-corrected chi connectivity index (χ0v) is 10.8. The van der Waals surface area contributed by atoms with E-state index in [1.807, 2.05) is 19.0 Å². The Bertz CT molecular complexity index is 238. The van der Waals surface area contributed by atoms with Crippen molar-refractivity contribution in [1.29, 1.82) is 0 Å². The van der Waals surface area contributed by atoms with Crippen LogP contribution < -0.4 is 16.0 Å². The molecular weight excluding hydrogens is 204 g/mol. The van der Waals surface area contributed by atoms with Crippen molar-refractivity contribution >= 4 is 6.03 Å². The Kier molecular flexibility index (Phi) is 4.56. The Balaban J connectivity index is 2.63. The minimum absolute atomic E-state index is 0.0610. The summed E-state index contributed by atoms with van der Waals surface area (Å²) in [5.74, 6) is 0. The van der Waals surface area contributed by atoms with Crippen molar-refractivity contribution in [2.75, 3.05) is 40.3 Å². The van der Waals surface area contributed by atoms with Crippen LogP contribution in [-0.4, -0.2) is 57.2 Å². The van der Waals surface area contributed by atoms with Crippen LogP contribution in [-0.2, 0) is 0 Å². The predicted octanol–water partition coefficient (Wildman–Crippen LogP) is -0.155. The van der Waals surface area contributed by atoms with Gasteiger partial charge in [-0.3, -0.25) is 0 Å². The van der Waals surface area contributed by atoms with Gasteiger partial charge in [0, 0.05) is 37.6 Å². The van der Waals surface area contributed by atoms with Crippen LogP contribution in [0.25, 0.3) is 0 Å². The number of amides is 2. The van der Waals surface area contributed by atoms with Gasteiger partial charge in [0.05, 0.1) is 0 Å². The summed E-state index contributed by atoms with van der Waals surface area (Å²) < 4.78 is 0. The molecule has 1 aliphatic rings. The van der Waals surface area contributed by atoms with Crippen molar-refractivity contribution in [1.82, 2.24) is 20.9 Å². The third-order valence-corrected chi connectivity index (χ3v) is 3.10. The maximum atomic E-state index is 11.6. The summed E-state index contributed by atoms with van der Waals surface area (Å²) in [5.41, 5.74) is 0.0689. The monoisotopic (exact) mass is 228 g/mol. The van der Waals surface area contributed by atoms with Crippen LogP contribution in [0.3, 0.4) is 0 Å². The fraction of sp³-hybridized carbons (Fsp3) is 0.909. The Morgan fingerprint density at radius 1 is 1.44 bits per heavy atom. The van der Waals surface area contributed by atoms with E-state index < -0.39 is 0 Å². The normalized spacial score (nSPS) is 21.4. The van der Waals surface area contributed by atoms with Crippen LogP contribution in [0.1, 0.15) is 13.8 Å². The van der Waals surface area contributed by atoms with Crippen molar-refractivity contribution < 1.29 is 4.79 Å². The number of hydrogen-bond acceptors (Lipinski definition) is 3. The topological polar surface area (TPSA) is 56.4 Å². The molecule has 0 bridgehead atoms. The number of carbonyl (C=O) groups excluding carboxylic acids is 1. The highest BCUT2D eigenvalue weighted by molar-refractivity contribution is 5.76. The van der Waals surface area contributed by atoms with E-state index in [-0.39, 0.29) is 11.4 Å². The molecule has 1 atom stereocenters. The van der Waals surface area contributed by atoms with Gasteiger partial charge in [-0.15, -0.1) is 0 Å². The molecule has 0 aromatic rings. The third kappa shape index (κ3) is 3.09. The van der Waals surface area contributed by atoms with Crippen molar-refractivity contribution in [3.63, 3.8) is 0 Å². The number of carbonyl (C=O) groups is 1. The van der Waals surface area contributed by atoms with Gasteiger partial charge in [0.1, 0.15) is 0 Å². The minimum atomic E-state index is 0.0610. The Labute approximate surface area is 98.0 Å². The molecule has 1 heterocycles. The second-order valence-corrected chi connectivity index (χ2v) is 5.03. The predicted molar refractivity (Wildman–Crippen MR) is 65.5 cm³/mol. The Hall–Kier alpha value is -0.810. The molecule has 16 heavy (non-hydrogen) atoms. The molecule has 1 saturated heterocycles. The van der Waals surface area contributed by atoms with Crippen LogP contribution in [0.5, 0.6) is 0 Å². The van der Waals surface area contributed by atoms with E-state index >= 15 is 0 Å². The Morgan fingerprint density at radius 2 is 2.00 bits per heavy atom. The van der Waals surface area contributed by atoms with Crippen LogP contribution in [0.15, 0.2) is 0 Å². The molecule has 1 unspecified atom stereocenters. The van der Waals surface area contributed by atoms with E-state index in [1.54, 1.807) is 0 Å². The van der Waals surface area contributed by atoms with Crippen molar-refractivity contribution in [2.24, 2.45) is 5.41 Å². The van der Waals surface area contributed by atoms with Gasteiger partial charge in [-0.2, -0.15) is 0 Å². The molecule has 1 fully saturated rings. The fourth-order valence-electron chi connectivity index (χ4n) is 2.31. The van der Waals surface area contributed by atoms with Crippen LogP contribution in [0.2, 0.25) is 0 Å². The smallest absolute Gasteiger partial charge is 0.317 e. The lowest BCUT2D eigenvalue weighted by Gasteiger charge is -2.34. The average Bonchev–Trinajstić information content (AvgIpc) is 2.50. The minimum Gasteiger partial charge on any atom is -0.336 e. The van der Waals surface area contributed by atoms with E-state index in [2.05, 4.69) is 29.8 Å². The summed E-state index contributed by atoms with van der Waals surface area (Å²) in [7, 11) is 3.89. The van der Waals surface area contributed by atoms with Gasteiger partial charge >= 0.3 is 6.03 Å². The molecule has 0 aromatic heterocycles. The summed E-state index contributed by atoms with van der Waals surface area (Å²) in [5, 5.41) is 9.27. The number of rotatable bonds is 6. The molecule has 1 aliphatic heterocycles. The summed E-state index contributed by atoms with van der Waals surface area (Å²) in [4.78, 5) is 13.6. The molecule has 5 heteroatoms. The molecule has 0 spiro atoms. The van der Waals surface area contributed by atoms with E-state index in [1.165, 1.54) is 0 Å². The molecule has 1 rings (SSSR count). The van der Waals surface area contributed by atoms with Crippen molar-refractivity contribution in [3.05, 3.63) is 0 Å². The van der Waals surface area contributed by atoms with Crippen LogP contribution >= 0.6 is 0 Å². The molecule has 94 valence electrons. The van der Waals surface area contributed by atoms with Gasteiger partial charge in [-0.25, -0.2) is 4.79 Å². The zero-order chi connectivity index (χ0) is 12.2. The first kappa shape index (κ1) is 13.3. The SMILES string of the molecule is CNCC(C)(CNC)CN1C(=O)NCC1C. The zero-order valence-electron chi connectivity index (χ0n) is 10.8. The van der Waals surface area contributed by atoms with E-state index in [0.717, 1.165) is 26.2 Å². The first-order valence-electron chi connectivity index (χ1n) is 5.86. The summed E-state index contributed by atoms with van der Waals surface area (Å²) in [6.07, 6.45) is 0. The van der Waals surface area contributed by atoms with E-state index in [0.29, 0.717) is 6.04 Å². The lowest BCUT2D eigenvalue weighted by Crippen LogP contribution is -2.49. The highest BCUT2D eigenvalue weighted by atomic mass is 16.2. The van der Waals surface area contributed by atoms with Gasteiger partial charge in [-0.05, 0) is 21.0 Å². The number of hydrogen-bond donors (Lipinski definition) is 3. The first-order valence-corrected chi connectivity index (χ1v) is 5.86. The van der Waals surface area contributed by atoms with Gasteiger partial charge in [0.2, 0.25) is 0 Å². The number of nitrogens with zero attached hydrogens (tertiary/aromatic N) is 1. The average molecular weight is 228 g/mol. The molecule has 0 aliphatic carbocycles. The molecule has 0 aromatic carbocycles. The summed E-state index contributed by atoms with van der Waals surface area (Å²) in [6, 6.07) is 0.353. The van der Waals surface area contributed by atoms with Crippen LogP contribution in [0, 0.1) is 5.41 Å². The van der Waals surface area contributed by atoms with Gasteiger partial charge < -0.3 is 20.9 Å². The van der Waals surface area contributed by atoms with Crippen molar-refractivity contribution in [2.45, 2.75) is 19.9 Å². The largest absolute Gasteiger partial charge is 0.336 e. The maximum Gasteiger partial charge on any atom is 0.317 e. The summed E-state index contributed by atoms with van der Waals surface area (Å²) >= 11 is 0. The van der Waals surface area contributed by atoms with Gasteiger partial charge in [0.15, 0.2) is 0 Å². The fourth-order valence-corrected chi connectivity index (χ4v) is 2.31. The molecule has 0 saturated carbocycles. The number of urea groups is 1. The second kappa shape index (κ2) is 5.50. The standard InChI is InChI=1S/C11H24N4O/c1-9-5-14-10(16)15(9)8-11(2,6-12-3)7-13-4/h9,12-13H,5-8H2,1-4H3,(H,14,16). The van der Waals surface area contributed by atoms with Crippen LogP contribution in [0.4, 0.5) is 4.79 Å². The van der Waals surface area contributed by atoms with Gasteiger partial charge in [0.25, 0.3) is 0 Å². The van der Waals surface area contributed by atoms with Crippen molar-refractivity contribution in [3.8, 4) is 0 Å². The molecule has 3 N–H and O–H groups in total. The molecule has 0 radical (unpaired) electrons. The Morgan fingerprint density at radius 3 is 2.38 bits per heavy atom. The first-order chi connectivity index (χ1) is 7.52. The molecular formula is C11H24N4O. The van der Waals surface area contributed by atoms with Gasteiger partial charge in [-0.1, -0.05) is 6.92 Å². The molecule has 5 nitrogen and oxygen atoms in total. The van der Waals surface area contributed by atoms with E-state index in [9.17, 15) is 4.79 Å². The second-order valence-electron chi connectivity index (χ2n) is 5.03. The highest BCUT2D eigenvalue weighted by Crippen LogP contribution is 2.19. The lowest BCUT2D eigenvalue weighted by molar-refractivity contribution is 0.160. The third-order valence-electron chi connectivity index (χ3n) is 3.10. The lowest BCUT2D eigenvalue weighted by atomic mass is 9.89. The molecule has 2 amide bonds. The maximum absolute atomic E-state index is 11.6. The summed E-state index contributed by atoms with van der Waals surface area (Å²) in [6.45, 7) is 7.60.